The van der Waals surface area contributed by atoms with Crippen molar-refractivity contribution in [1.29, 1.82) is 0 Å². The van der Waals surface area contributed by atoms with Gasteiger partial charge in [0.25, 0.3) is 5.91 Å². The Morgan fingerprint density at radius 1 is 1.03 bits per heavy atom. The van der Waals surface area contributed by atoms with Crippen LogP contribution in [0.25, 0.3) is 21.3 Å². The summed E-state index contributed by atoms with van der Waals surface area (Å²) in [5, 5.41) is 0.581. The molecule has 0 saturated carbocycles. The third-order valence-corrected chi connectivity index (χ3v) is 7.06. The summed E-state index contributed by atoms with van der Waals surface area (Å²) >= 11 is 1.46. The Labute approximate surface area is 178 Å². The molecule has 0 aliphatic carbocycles. The second kappa shape index (κ2) is 7.32. The smallest absolute Gasteiger partial charge is 0.253 e. The minimum Gasteiger partial charge on any atom is -0.339 e. The molecule has 5 rings (SSSR count). The molecule has 0 spiro atoms. The van der Waals surface area contributed by atoms with E-state index >= 15 is 0 Å². The van der Waals surface area contributed by atoms with Crippen molar-refractivity contribution in [2.45, 2.75) is 19.8 Å². The SMILES string of the molecule is Cc1nc2cc(C(=O)N3CCC(C(=O)c4nc5ccccc5s4)CC3)ccc2n1C. The zero-order valence-electron chi connectivity index (χ0n) is 17.0. The fourth-order valence-corrected chi connectivity index (χ4v) is 5.12. The molecule has 0 N–H and O–H groups in total. The number of fused-ring (bicyclic) bond motifs is 2. The van der Waals surface area contributed by atoms with Gasteiger partial charge in [-0.3, -0.25) is 9.59 Å². The summed E-state index contributed by atoms with van der Waals surface area (Å²) in [7, 11) is 1.97. The number of aryl methyl sites for hydroxylation is 2. The molecule has 1 amide bonds. The molecule has 30 heavy (non-hydrogen) atoms. The topological polar surface area (TPSA) is 68.1 Å². The summed E-state index contributed by atoms with van der Waals surface area (Å²) in [6.45, 7) is 3.12. The van der Waals surface area contributed by atoms with Gasteiger partial charge in [-0.2, -0.15) is 0 Å². The Morgan fingerprint density at radius 2 is 1.80 bits per heavy atom. The quantitative estimate of drug-likeness (QED) is 0.467. The average Bonchev–Trinajstić information content (AvgIpc) is 3.33. The van der Waals surface area contributed by atoms with Crippen LogP contribution in [0.4, 0.5) is 0 Å². The first kappa shape index (κ1) is 18.9. The van der Waals surface area contributed by atoms with E-state index in [1.54, 1.807) is 0 Å². The highest BCUT2D eigenvalue weighted by Crippen LogP contribution is 2.28. The zero-order chi connectivity index (χ0) is 20.8. The van der Waals surface area contributed by atoms with Gasteiger partial charge in [0, 0.05) is 31.6 Å². The molecule has 1 fully saturated rings. The van der Waals surface area contributed by atoms with Crippen molar-refractivity contribution in [2.24, 2.45) is 13.0 Å². The van der Waals surface area contributed by atoms with E-state index in [-0.39, 0.29) is 17.6 Å². The highest BCUT2D eigenvalue weighted by atomic mass is 32.1. The first-order chi connectivity index (χ1) is 14.5. The number of hydrogen-bond acceptors (Lipinski definition) is 5. The van der Waals surface area contributed by atoms with Crippen LogP contribution in [0.15, 0.2) is 42.5 Å². The van der Waals surface area contributed by atoms with Crippen molar-refractivity contribution in [3.8, 4) is 0 Å². The first-order valence-electron chi connectivity index (χ1n) is 10.1. The predicted octanol–water partition coefficient (Wildman–Crippen LogP) is 4.23. The van der Waals surface area contributed by atoms with Crippen molar-refractivity contribution in [3.05, 3.63) is 58.9 Å². The van der Waals surface area contributed by atoms with Crippen LogP contribution in [0.1, 0.15) is 38.8 Å². The third kappa shape index (κ3) is 3.19. The highest BCUT2D eigenvalue weighted by Gasteiger charge is 2.30. The molecule has 2 aromatic heterocycles. The fraction of sp³-hybridized carbons (Fsp3) is 0.304. The maximum atomic E-state index is 13.0. The summed E-state index contributed by atoms with van der Waals surface area (Å²) in [6, 6.07) is 13.5. The second-order valence-corrected chi connectivity index (χ2v) is 8.87. The van der Waals surface area contributed by atoms with E-state index in [1.165, 1.54) is 11.3 Å². The number of imidazole rings is 1. The number of ketones is 1. The van der Waals surface area contributed by atoms with Gasteiger partial charge in [-0.05, 0) is 50.1 Å². The number of piperidine rings is 1. The third-order valence-electron chi connectivity index (χ3n) is 6.01. The number of rotatable bonds is 3. The molecule has 0 unspecified atom stereocenters. The highest BCUT2D eigenvalue weighted by molar-refractivity contribution is 7.20. The van der Waals surface area contributed by atoms with Gasteiger partial charge in [0.1, 0.15) is 5.82 Å². The maximum absolute atomic E-state index is 13.0. The molecule has 0 bridgehead atoms. The number of Topliss-reactive ketones (excluding diaryl/α,β-unsaturated/α-hetero) is 1. The van der Waals surface area contributed by atoms with Crippen molar-refractivity contribution in [1.82, 2.24) is 19.4 Å². The van der Waals surface area contributed by atoms with Crippen molar-refractivity contribution in [2.75, 3.05) is 13.1 Å². The standard InChI is InChI=1S/C23H22N4O2S/c1-14-24-18-13-16(7-8-19(18)26(14)2)23(29)27-11-9-15(10-12-27)21(28)22-25-17-5-3-4-6-20(17)30-22/h3-8,13,15H,9-12H2,1-2H3. The summed E-state index contributed by atoms with van der Waals surface area (Å²) in [5.74, 6) is 0.957. The van der Waals surface area contributed by atoms with Gasteiger partial charge >= 0.3 is 0 Å². The minimum atomic E-state index is -0.0736. The van der Waals surface area contributed by atoms with Gasteiger partial charge in [0.2, 0.25) is 0 Å². The predicted molar refractivity (Wildman–Crippen MR) is 118 cm³/mol. The van der Waals surface area contributed by atoms with Crippen molar-refractivity contribution in [3.63, 3.8) is 0 Å². The normalized spacial score (nSPS) is 15.2. The molecular weight excluding hydrogens is 396 g/mol. The number of carbonyl (C=O) groups excluding carboxylic acids is 2. The molecule has 7 heteroatoms. The second-order valence-electron chi connectivity index (χ2n) is 7.84. The molecule has 2 aromatic carbocycles. The van der Waals surface area contributed by atoms with Crippen LogP contribution in [-0.4, -0.2) is 44.2 Å². The van der Waals surface area contributed by atoms with Crippen LogP contribution >= 0.6 is 11.3 Å². The van der Waals surface area contributed by atoms with Crippen LogP contribution < -0.4 is 0 Å². The number of thiazole rings is 1. The molecule has 0 atom stereocenters. The monoisotopic (exact) mass is 418 g/mol. The van der Waals surface area contributed by atoms with Gasteiger partial charge < -0.3 is 9.47 Å². The lowest BCUT2D eigenvalue weighted by Gasteiger charge is -2.31. The molecule has 0 radical (unpaired) electrons. The Morgan fingerprint density at radius 3 is 2.57 bits per heavy atom. The Hall–Kier alpha value is -3.06. The molecular formula is C23H22N4O2S. The molecule has 1 saturated heterocycles. The zero-order valence-corrected chi connectivity index (χ0v) is 17.8. The van der Waals surface area contributed by atoms with Crippen LogP contribution in [0.5, 0.6) is 0 Å². The van der Waals surface area contributed by atoms with Gasteiger partial charge in [-0.25, -0.2) is 9.97 Å². The summed E-state index contributed by atoms with van der Waals surface area (Å²) in [4.78, 5) is 36.8. The van der Waals surface area contributed by atoms with E-state index < -0.39 is 0 Å². The van der Waals surface area contributed by atoms with Crippen LogP contribution in [0, 0.1) is 12.8 Å². The van der Waals surface area contributed by atoms with E-state index in [2.05, 4.69) is 9.97 Å². The van der Waals surface area contributed by atoms with Gasteiger partial charge in [0.05, 0.1) is 21.3 Å². The largest absolute Gasteiger partial charge is 0.339 e. The van der Waals surface area contributed by atoms with E-state index in [1.807, 2.05) is 65.9 Å². The van der Waals surface area contributed by atoms with Crippen molar-refractivity contribution >= 4 is 44.3 Å². The lowest BCUT2D eigenvalue weighted by molar-refractivity contribution is 0.0650. The number of para-hydroxylation sites is 1. The molecule has 3 heterocycles. The number of hydrogen-bond donors (Lipinski definition) is 0. The van der Waals surface area contributed by atoms with Crippen molar-refractivity contribution < 1.29 is 9.59 Å². The van der Waals surface area contributed by atoms with Crippen LogP contribution in [0.3, 0.4) is 0 Å². The number of aromatic nitrogens is 3. The minimum absolute atomic E-state index is 0.00564. The number of likely N-dealkylation sites (tertiary alicyclic amines) is 1. The fourth-order valence-electron chi connectivity index (χ4n) is 4.13. The summed E-state index contributed by atoms with van der Waals surface area (Å²) in [5.41, 5.74) is 3.38. The molecule has 4 aromatic rings. The Kier molecular flexibility index (Phi) is 4.62. The Balaban J connectivity index is 1.28. The number of nitrogens with zero attached hydrogens (tertiary/aromatic N) is 4. The first-order valence-corrected chi connectivity index (χ1v) is 10.9. The van der Waals surface area contributed by atoms with E-state index in [4.69, 9.17) is 0 Å². The van der Waals surface area contributed by atoms with Crippen LogP contribution in [0.2, 0.25) is 0 Å². The summed E-state index contributed by atoms with van der Waals surface area (Å²) < 4.78 is 3.05. The number of benzene rings is 2. The average molecular weight is 419 g/mol. The maximum Gasteiger partial charge on any atom is 0.253 e. The number of carbonyl (C=O) groups is 2. The Bertz CT molecular complexity index is 1250. The number of amides is 1. The van der Waals surface area contributed by atoms with Gasteiger partial charge in [-0.15, -0.1) is 11.3 Å². The molecule has 1 aliphatic rings. The lowest BCUT2D eigenvalue weighted by Crippen LogP contribution is -2.40. The van der Waals surface area contributed by atoms with Crippen LogP contribution in [-0.2, 0) is 7.05 Å². The van der Waals surface area contributed by atoms with Gasteiger partial charge in [-0.1, -0.05) is 12.1 Å². The summed E-state index contributed by atoms with van der Waals surface area (Å²) in [6.07, 6.45) is 1.34. The molecule has 1 aliphatic heterocycles. The van der Waals surface area contributed by atoms with E-state index in [9.17, 15) is 9.59 Å². The molecule has 152 valence electrons. The van der Waals surface area contributed by atoms with E-state index in [0.29, 0.717) is 36.5 Å². The van der Waals surface area contributed by atoms with Gasteiger partial charge in [0.15, 0.2) is 10.8 Å². The molecule has 6 nitrogen and oxygen atoms in total. The lowest BCUT2D eigenvalue weighted by atomic mass is 9.92. The van der Waals surface area contributed by atoms with E-state index in [0.717, 1.165) is 27.1 Å².